The Morgan fingerprint density at radius 1 is 1.14 bits per heavy atom. The molecule has 0 saturated carbocycles. The molecular weight excluding hydrogens is 491 g/mol. The van der Waals surface area contributed by atoms with Gasteiger partial charge in [0.05, 0.1) is 6.54 Å². The maximum atomic E-state index is 13.4. The van der Waals surface area contributed by atoms with Gasteiger partial charge in [-0.2, -0.15) is 0 Å². The molecule has 2 rings (SSSR count). The third-order valence-electron chi connectivity index (χ3n) is 4.78. The number of nitrogens with one attached hydrogen (secondary N) is 2. The van der Waals surface area contributed by atoms with Crippen LogP contribution in [0.5, 0.6) is 0 Å². The SMILES string of the molecule is CN=C(NCC(C)c1ccc(F)c(F)c1)N1CCN(CC(=O)NC(C)C)CC1.I. The average Bonchev–Trinajstić information content (AvgIpc) is 2.64. The van der Waals surface area contributed by atoms with Crippen molar-refractivity contribution >= 4 is 35.8 Å². The predicted molar refractivity (Wildman–Crippen MR) is 123 cm³/mol. The molecule has 1 saturated heterocycles. The zero-order valence-electron chi connectivity index (χ0n) is 17.5. The van der Waals surface area contributed by atoms with Gasteiger partial charge < -0.3 is 15.5 Å². The smallest absolute Gasteiger partial charge is 0.234 e. The van der Waals surface area contributed by atoms with Crippen LogP contribution in [0, 0.1) is 11.6 Å². The lowest BCUT2D eigenvalue weighted by Crippen LogP contribution is -2.54. The number of benzene rings is 1. The lowest BCUT2D eigenvalue weighted by atomic mass is 10.0. The summed E-state index contributed by atoms with van der Waals surface area (Å²) in [6.07, 6.45) is 0. The van der Waals surface area contributed by atoms with Gasteiger partial charge in [-0.1, -0.05) is 13.0 Å². The molecule has 0 aromatic heterocycles. The topological polar surface area (TPSA) is 60.0 Å². The van der Waals surface area contributed by atoms with Crippen molar-refractivity contribution in [1.29, 1.82) is 0 Å². The third kappa shape index (κ3) is 8.04. The number of hydrogen-bond acceptors (Lipinski definition) is 3. The van der Waals surface area contributed by atoms with Crippen LogP contribution in [0.25, 0.3) is 0 Å². The molecule has 1 fully saturated rings. The first-order valence-electron chi connectivity index (χ1n) is 9.72. The number of aliphatic imine (C=N–C) groups is 1. The van der Waals surface area contributed by atoms with Gasteiger partial charge in [0, 0.05) is 45.8 Å². The van der Waals surface area contributed by atoms with Gasteiger partial charge in [-0.25, -0.2) is 8.78 Å². The quantitative estimate of drug-likeness (QED) is 0.342. The van der Waals surface area contributed by atoms with Gasteiger partial charge in [-0.3, -0.25) is 14.7 Å². The van der Waals surface area contributed by atoms with E-state index in [9.17, 15) is 13.6 Å². The van der Waals surface area contributed by atoms with E-state index in [-0.39, 0.29) is 41.8 Å². The number of piperazine rings is 1. The molecule has 1 heterocycles. The Morgan fingerprint density at radius 2 is 1.79 bits per heavy atom. The van der Waals surface area contributed by atoms with Crippen molar-refractivity contribution in [3.8, 4) is 0 Å². The molecule has 1 unspecified atom stereocenters. The van der Waals surface area contributed by atoms with E-state index in [1.54, 1.807) is 13.1 Å². The predicted octanol–water partition coefficient (Wildman–Crippen LogP) is 2.40. The van der Waals surface area contributed by atoms with E-state index in [1.807, 2.05) is 20.8 Å². The molecule has 2 N–H and O–H groups in total. The second-order valence-corrected chi connectivity index (χ2v) is 7.49. The van der Waals surface area contributed by atoms with Crippen molar-refractivity contribution < 1.29 is 13.6 Å². The van der Waals surface area contributed by atoms with Crippen molar-refractivity contribution in [2.24, 2.45) is 4.99 Å². The summed E-state index contributed by atoms with van der Waals surface area (Å²) >= 11 is 0. The molecule has 0 bridgehead atoms. The monoisotopic (exact) mass is 523 g/mol. The summed E-state index contributed by atoms with van der Waals surface area (Å²) in [7, 11) is 1.73. The Balaban J connectivity index is 0.00000420. The van der Waals surface area contributed by atoms with Crippen molar-refractivity contribution in [2.45, 2.75) is 32.7 Å². The van der Waals surface area contributed by atoms with Gasteiger partial charge in [-0.15, -0.1) is 24.0 Å². The van der Waals surface area contributed by atoms with Crippen LogP contribution in [0.2, 0.25) is 0 Å². The molecular formula is C20H32F2IN5O. The Labute approximate surface area is 189 Å². The highest BCUT2D eigenvalue weighted by Crippen LogP contribution is 2.17. The summed E-state index contributed by atoms with van der Waals surface area (Å²) in [4.78, 5) is 20.5. The summed E-state index contributed by atoms with van der Waals surface area (Å²) in [5.41, 5.74) is 0.739. The minimum absolute atomic E-state index is 0. The van der Waals surface area contributed by atoms with Crippen LogP contribution in [-0.4, -0.2) is 74.0 Å². The molecule has 29 heavy (non-hydrogen) atoms. The van der Waals surface area contributed by atoms with E-state index >= 15 is 0 Å². The van der Waals surface area contributed by atoms with Crippen LogP contribution in [0.1, 0.15) is 32.3 Å². The lowest BCUT2D eigenvalue weighted by molar-refractivity contribution is -0.123. The third-order valence-corrected chi connectivity index (χ3v) is 4.78. The largest absolute Gasteiger partial charge is 0.356 e. The fraction of sp³-hybridized carbons (Fsp3) is 0.600. The highest BCUT2D eigenvalue weighted by molar-refractivity contribution is 14.0. The minimum atomic E-state index is -0.834. The molecule has 1 aliphatic rings. The molecule has 0 radical (unpaired) electrons. The molecule has 6 nitrogen and oxygen atoms in total. The zero-order chi connectivity index (χ0) is 20.7. The number of amides is 1. The van der Waals surface area contributed by atoms with E-state index in [0.717, 1.165) is 43.8 Å². The number of guanidine groups is 1. The van der Waals surface area contributed by atoms with E-state index < -0.39 is 11.6 Å². The van der Waals surface area contributed by atoms with Crippen molar-refractivity contribution in [3.05, 3.63) is 35.4 Å². The van der Waals surface area contributed by atoms with Gasteiger partial charge in [0.1, 0.15) is 0 Å². The zero-order valence-corrected chi connectivity index (χ0v) is 19.9. The first kappa shape index (κ1) is 25.5. The number of rotatable bonds is 6. The Bertz CT molecular complexity index is 693. The molecule has 1 aromatic rings. The van der Waals surface area contributed by atoms with Gasteiger partial charge in [0.2, 0.25) is 5.91 Å². The van der Waals surface area contributed by atoms with Gasteiger partial charge in [0.25, 0.3) is 0 Å². The maximum absolute atomic E-state index is 13.4. The maximum Gasteiger partial charge on any atom is 0.234 e. The standard InChI is InChI=1S/C20H31F2N5O.HI/c1-14(2)25-19(28)13-26-7-9-27(10-8-26)20(23-4)24-12-15(3)16-5-6-17(21)18(22)11-16;/h5-6,11,14-15H,7-10,12-13H2,1-4H3,(H,23,24)(H,25,28);1H. The van der Waals surface area contributed by atoms with Crippen molar-refractivity contribution in [3.63, 3.8) is 0 Å². The second kappa shape index (κ2) is 12.3. The molecule has 0 aliphatic carbocycles. The van der Waals surface area contributed by atoms with Gasteiger partial charge >= 0.3 is 0 Å². The molecule has 1 aromatic carbocycles. The summed E-state index contributed by atoms with van der Waals surface area (Å²) in [6.45, 7) is 9.94. The van der Waals surface area contributed by atoms with E-state index in [4.69, 9.17) is 0 Å². The first-order chi connectivity index (χ1) is 13.3. The summed E-state index contributed by atoms with van der Waals surface area (Å²) in [5.74, 6) is -0.828. The summed E-state index contributed by atoms with van der Waals surface area (Å²) in [5, 5.41) is 6.23. The lowest BCUT2D eigenvalue weighted by Gasteiger charge is -2.36. The fourth-order valence-electron chi connectivity index (χ4n) is 3.20. The van der Waals surface area contributed by atoms with Crippen molar-refractivity contribution in [1.82, 2.24) is 20.4 Å². The van der Waals surface area contributed by atoms with Crippen LogP contribution in [0.15, 0.2) is 23.2 Å². The minimum Gasteiger partial charge on any atom is -0.356 e. The van der Waals surface area contributed by atoms with Gasteiger partial charge in [-0.05, 0) is 37.5 Å². The number of nitrogens with zero attached hydrogens (tertiary/aromatic N) is 3. The summed E-state index contributed by atoms with van der Waals surface area (Å²) in [6, 6.07) is 4.15. The Morgan fingerprint density at radius 3 is 2.34 bits per heavy atom. The molecule has 0 spiro atoms. The number of carbonyl (C=O) groups excluding carboxylic acids is 1. The van der Waals surface area contributed by atoms with Gasteiger partial charge in [0.15, 0.2) is 17.6 Å². The van der Waals surface area contributed by atoms with Crippen molar-refractivity contribution in [2.75, 3.05) is 46.3 Å². The van der Waals surface area contributed by atoms with Crippen LogP contribution < -0.4 is 10.6 Å². The fourth-order valence-corrected chi connectivity index (χ4v) is 3.20. The van der Waals surface area contributed by atoms with Crippen LogP contribution in [0.4, 0.5) is 8.78 Å². The number of hydrogen-bond donors (Lipinski definition) is 2. The van der Waals surface area contributed by atoms with E-state index in [0.29, 0.717) is 13.1 Å². The second-order valence-electron chi connectivity index (χ2n) is 7.49. The molecule has 9 heteroatoms. The molecule has 1 amide bonds. The molecule has 1 aliphatic heterocycles. The van der Waals surface area contributed by atoms with Crippen LogP contribution in [0.3, 0.4) is 0 Å². The normalized spacial score (nSPS) is 16.4. The van der Waals surface area contributed by atoms with Crippen LogP contribution in [-0.2, 0) is 4.79 Å². The molecule has 1 atom stereocenters. The highest BCUT2D eigenvalue weighted by atomic mass is 127. The number of halogens is 3. The first-order valence-corrected chi connectivity index (χ1v) is 9.72. The Kier molecular flexibility index (Phi) is 10.8. The van der Waals surface area contributed by atoms with Crippen LogP contribution >= 0.6 is 24.0 Å². The molecule has 164 valence electrons. The highest BCUT2D eigenvalue weighted by Gasteiger charge is 2.21. The summed E-state index contributed by atoms with van der Waals surface area (Å²) < 4.78 is 26.5. The number of carbonyl (C=O) groups is 1. The average molecular weight is 523 g/mol. The van der Waals surface area contributed by atoms with E-state index in [1.165, 1.54) is 6.07 Å². The Hall–Kier alpha value is -1.49. The van der Waals surface area contributed by atoms with E-state index in [2.05, 4.69) is 25.4 Å².